The number of amides is 1. The van der Waals surface area contributed by atoms with Gasteiger partial charge in [-0.1, -0.05) is 0 Å². The minimum atomic E-state index is -3.11. The lowest BCUT2D eigenvalue weighted by Crippen LogP contribution is -2.17. The van der Waals surface area contributed by atoms with E-state index < -0.39 is 8.77 Å². The highest BCUT2D eigenvalue weighted by Gasteiger charge is 2.11. The molecule has 0 fully saturated rings. The molecule has 0 aliphatic rings. The van der Waals surface area contributed by atoms with Crippen molar-refractivity contribution in [2.75, 3.05) is 18.3 Å². The lowest BCUT2D eigenvalue weighted by molar-refractivity contribution is -0.122. The van der Waals surface area contributed by atoms with E-state index in [2.05, 4.69) is 11.2 Å². The molecule has 1 N–H and O–H groups in total. The molecule has 1 unspecified atom stereocenters. The highest BCUT2D eigenvalue weighted by molar-refractivity contribution is 8.29. The van der Waals surface area contributed by atoms with Crippen molar-refractivity contribution in [2.24, 2.45) is 0 Å². The zero-order valence-corrected chi connectivity index (χ0v) is 11.2. The molecule has 0 radical (unpaired) electrons. The predicted octanol–water partition coefficient (Wildman–Crippen LogP) is 1.37. The van der Waals surface area contributed by atoms with E-state index in [1.165, 1.54) is 27.6 Å². The fourth-order valence-electron chi connectivity index (χ4n) is 0.775. The Hall–Kier alpha value is 0.500. The quantitative estimate of drug-likeness (QED) is 0.739. The Bertz CT molecular complexity index is 273. The van der Waals surface area contributed by atoms with Crippen LogP contribution in [0.1, 0.15) is 12.8 Å². The summed E-state index contributed by atoms with van der Waals surface area (Å²) in [6.07, 6.45) is 4.22. The molecule has 14 heavy (non-hydrogen) atoms. The van der Waals surface area contributed by atoms with E-state index >= 15 is 0 Å². The van der Waals surface area contributed by atoms with E-state index in [4.69, 9.17) is 4.55 Å². The van der Waals surface area contributed by atoms with Crippen LogP contribution in [0, 0.1) is 0 Å². The Morgan fingerprint density at radius 2 is 2.00 bits per heavy atom. The zero-order valence-electron chi connectivity index (χ0n) is 7.97. The third kappa shape index (κ3) is 6.88. The van der Waals surface area contributed by atoms with Crippen molar-refractivity contribution in [3.8, 4) is 0 Å². The van der Waals surface area contributed by atoms with Crippen LogP contribution in [-0.2, 0) is 24.8 Å². The first-order valence-corrected chi connectivity index (χ1v) is 8.74. The molecule has 1 amide bonds. The average Bonchev–Trinajstić information content (AvgIpc) is 2.04. The van der Waals surface area contributed by atoms with E-state index in [0.717, 1.165) is 0 Å². The second kappa shape index (κ2) is 6.89. The Labute approximate surface area is 98.0 Å². The maximum atomic E-state index is 11.4. The van der Waals surface area contributed by atoms with Gasteiger partial charge in [-0.15, -0.1) is 0 Å². The molecule has 0 aromatic rings. The van der Waals surface area contributed by atoms with Crippen LogP contribution in [0.4, 0.5) is 0 Å². The second-order valence-corrected chi connectivity index (χ2v) is 7.23. The first-order valence-electron chi connectivity index (χ1n) is 3.77. The first kappa shape index (κ1) is 14.5. The number of hydrogen-bond acceptors (Lipinski definition) is 5. The summed E-state index contributed by atoms with van der Waals surface area (Å²) in [5, 5.41) is 0. The highest BCUT2D eigenvalue weighted by Crippen LogP contribution is 2.18. The topological polar surface area (TPSA) is 57.6 Å². The van der Waals surface area contributed by atoms with Crippen LogP contribution < -0.4 is 0 Å². The largest absolute Gasteiger partial charge is 0.306 e. The lowest BCUT2D eigenvalue weighted by atomic mass is 10.3. The van der Waals surface area contributed by atoms with Crippen molar-refractivity contribution in [1.29, 1.82) is 0 Å². The van der Waals surface area contributed by atoms with Crippen molar-refractivity contribution in [1.82, 2.24) is 3.71 Å². The monoisotopic (exact) mass is 275 g/mol. The minimum Gasteiger partial charge on any atom is -0.306 e. The van der Waals surface area contributed by atoms with Crippen LogP contribution >= 0.6 is 23.9 Å². The van der Waals surface area contributed by atoms with Crippen LogP contribution in [-0.4, -0.2) is 36.6 Å². The number of hydrogen-bond donors (Lipinski definition) is 1. The van der Waals surface area contributed by atoms with E-state index in [1.54, 1.807) is 12.5 Å². The van der Waals surface area contributed by atoms with Gasteiger partial charge in [0.1, 0.15) is 8.77 Å². The minimum absolute atomic E-state index is 0.00464. The summed E-state index contributed by atoms with van der Waals surface area (Å²) >= 11 is 6.95. The molecule has 0 rings (SSSR count). The fraction of sp³-hybridized carbons (Fsp3) is 0.833. The molecule has 1 atom stereocenters. The van der Waals surface area contributed by atoms with Gasteiger partial charge in [0.2, 0.25) is 5.91 Å². The van der Waals surface area contributed by atoms with Crippen LogP contribution in [0.3, 0.4) is 0 Å². The highest BCUT2D eigenvalue weighted by atomic mass is 32.8. The van der Waals surface area contributed by atoms with Crippen molar-refractivity contribution >= 4 is 49.8 Å². The Kier molecular flexibility index (Phi) is 7.13. The third-order valence-corrected chi connectivity index (χ3v) is 4.60. The van der Waals surface area contributed by atoms with Gasteiger partial charge in [-0.25, -0.2) is 7.92 Å². The van der Waals surface area contributed by atoms with E-state index in [9.17, 15) is 9.00 Å². The summed E-state index contributed by atoms with van der Waals surface area (Å²) in [7, 11) is -3.11. The van der Waals surface area contributed by atoms with Crippen molar-refractivity contribution in [2.45, 2.75) is 12.8 Å². The summed E-state index contributed by atoms with van der Waals surface area (Å²) in [5.74, 6) is -0.0475. The molecule has 4 nitrogen and oxygen atoms in total. The van der Waals surface area contributed by atoms with Crippen molar-refractivity contribution < 1.29 is 13.6 Å². The van der Waals surface area contributed by atoms with Gasteiger partial charge in [0.05, 0.1) is 5.75 Å². The fourth-order valence-corrected chi connectivity index (χ4v) is 2.82. The van der Waals surface area contributed by atoms with E-state index in [-0.39, 0.29) is 18.1 Å². The summed E-state index contributed by atoms with van der Waals surface area (Å²) in [4.78, 5) is 11.4. The maximum absolute atomic E-state index is 11.4. The van der Waals surface area contributed by atoms with Gasteiger partial charge in [0.25, 0.3) is 0 Å². The van der Waals surface area contributed by atoms with Crippen LogP contribution in [0.15, 0.2) is 0 Å². The van der Waals surface area contributed by atoms with E-state index in [1.807, 2.05) is 0 Å². The standard InChI is InChI=1S/C6H13NO3S4/c1-12-7(13-2)6(8)4-3-5-14(9,10)11/h3-5H2,1-2H3,(H,9,10,11). The molecule has 0 saturated heterocycles. The molecule has 8 heteroatoms. The number of nitrogens with zero attached hydrogens (tertiary/aromatic N) is 1. The van der Waals surface area contributed by atoms with Gasteiger partial charge in [0.15, 0.2) is 0 Å². The SMILES string of the molecule is CSN(SC)C(=O)CCCS(=O)(O)=S. The molecule has 0 bridgehead atoms. The molecular weight excluding hydrogens is 262 g/mol. The smallest absolute Gasteiger partial charge is 0.242 e. The number of carbonyl (C=O) groups excluding carboxylic acids is 1. The molecular formula is C6H13NO3S4. The molecule has 0 aliphatic carbocycles. The molecule has 0 heterocycles. The van der Waals surface area contributed by atoms with Crippen LogP contribution in [0.2, 0.25) is 0 Å². The van der Waals surface area contributed by atoms with Crippen LogP contribution in [0.25, 0.3) is 0 Å². The predicted molar refractivity (Wildman–Crippen MR) is 66.1 cm³/mol. The normalized spacial score (nSPS) is 14.8. The zero-order chi connectivity index (χ0) is 11.2. The van der Waals surface area contributed by atoms with Gasteiger partial charge in [-0.2, -0.15) is 0 Å². The first-order chi connectivity index (χ1) is 6.40. The van der Waals surface area contributed by atoms with Gasteiger partial charge in [-0.3, -0.25) is 4.79 Å². The molecule has 0 aromatic heterocycles. The summed E-state index contributed by atoms with van der Waals surface area (Å²) in [6.45, 7) is 0. The Morgan fingerprint density at radius 3 is 2.36 bits per heavy atom. The van der Waals surface area contributed by atoms with Crippen molar-refractivity contribution in [3.63, 3.8) is 0 Å². The summed E-state index contributed by atoms with van der Waals surface area (Å²) in [6, 6.07) is 0. The molecule has 0 aromatic carbocycles. The number of rotatable bonds is 6. The summed E-state index contributed by atoms with van der Waals surface area (Å²) < 4.78 is 21.0. The Morgan fingerprint density at radius 1 is 1.50 bits per heavy atom. The summed E-state index contributed by atoms with van der Waals surface area (Å²) in [5.41, 5.74) is 0. The van der Waals surface area contributed by atoms with Gasteiger partial charge in [0, 0.05) is 30.1 Å². The van der Waals surface area contributed by atoms with Crippen molar-refractivity contribution in [3.05, 3.63) is 0 Å². The molecule has 84 valence electrons. The van der Waals surface area contributed by atoms with Gasteiger partial charge in [-0.05, 0) is 30.3 Å². The molecule has 0 spiro atoms. The lowest BCUT2D eigenvalue weighted by Gasteiger charge is -2.14. The average molecular weight is 275 g/mol. The Balaban J connectivity index is 3.85. The van der Waals surface area contributed by atoms with Crippen LogP contribution in [0.5, 0.6) is 0 Å². The molecule has 0 saturated carbocycles. The third-order valence-electron chi connectivity index (χ3n) is 1.33. The maximum Gasteiger partial charge on any atom is 0.242 e. The second-order valence-electron chi connectivity index (χ2n) is 2.41. The van der Waals surface area contributed by atoms with E-state index in [0.29, 0.717) is 6.42 Å². The van der Waals surface area contributed by atoms with Gasteiger partial charge < -0.3 is 4.55 Å². The molecule has 0 aliphatic heterocycles. The van der Waals surface area contributed by atoms with Gasteiger partial charge >= 0.3 is 0 Å². The number of carbonyl (C=O) groups is 1.